The molecule has 1 aliphatic rings. The van der Waals surface area contributed by atoms with E-state index in [0.717, 1.165) is 21.8 Å². The summed E-state index contributed by atoms with van der Waals surface area (Å²) >= 11 is 1.48. The van der Waals surface area contributed by atoms with Gasteiger partial charge in [-0.15, -0.1) is 11.3 Å². The molecule has 1 amide bonds. The summed E-state index contributed by atoms with van der Waals surface area (Å²) in [7, 11) is 3.62. The minimum Gasteiger partial charge on any atom is -0.344 e. The highest BCUT2D eigenvalue weighted by molar-refractivity contribution is 7.10. The molecule has 1 aliphatic heterocycles. The molecule has 2 heterocycles. The number of nitriles is 1. The molecule has 1 aromatic heterocycles. The van der Waals surface area contributed by atoms with E-state index in [2.05, 4.69) is 5.32 Å². The van der Waals surface area contributed by atoms with Gasteiger partial charge < -0.3 is 15.1 Å². The lowest BCUT2D eigenvalue weighted by atomic mass is 10.0. The van der Waals surface area contributed by atoms with Crippen molar-refractivity contribution in [2.45, 2.75) is 18.9 Å². The molecule has 3 aromatic rings. The molecule has 0 aliphatic carbocycles. The highest BCUT2D eigenvalue weighted by Crippen LogP contribution is 2.40. The van der Waals surface area contributed by atoms with E-state index < -0.39 is 11.8 Å². The highest BCUT2D eigenvalue weighted by Gasteiger charge is 2.31. The molecular weight excluding hydrogens is 451 g/mol. The van der Waals surface area contributed by atoms with Crippen molar-refractivity contribution in [2.24, 2.45) is 0 Å². The maximum absolute atomic E-state index is 13.4. The molecule has 8 heteroatoms. The van der Waals surface area contributed by atoms with Crippen LogP contribution < -0.4 is 15.1 Å². The Kier molecular flexibility index (Phi) is 6.75. The lowest BCUT2D eigenvalue weighted by Crippen LogP contribution is -2.30. The van der Waals surface area contributed by atoms with Crippen LogP contribution >= 0.6 is 11.3 Å². The lowest BCUT2D eigenvalue weighted by Gasteiger charge is -2.20. The van der Waals surface area contributed by atoms with Crippen LogP contribution in [0.15, 0.2) is 77.4 Å². The van der Waals surface area contributed by atoms with Crippen LogP contribution in [0.2, 0.25) is 0 Å². The van der Waals surface area contributed by atoms with E-state index in [9.17, 15) is 19.2 Å². The highest BCUT2D eigenvalue weighted by atomic mass is 32.1. The molecule has 0 spiro atoms. The number of para-hydroxylation sites is 2. The first-order chi connectivity index (χ1) is 16.4. The van der Waals surface area contributed by atoms with Crippen molar-refractivity contribution in [3.05, 3.63) is 93.7 Å². The van der Waals surface area contributed by atoms with Crippen molar-refractivity contribution in [1.29, 1.82) is 5.26 Å². The number of hydrogen-bond acceptors (Lipinski definition) is 6. The van der Waals surface area contributed by atoms with E-state index in [1.54, 1.807) is 12.1 Å². The quantitative estimate of drug-likeness (QED) is 0.395. The fourth-order valence-electron chi connectivity index (χ4n) is 4.07. The number of hydrogen-bond donors (Lipinski definition) is 1. The van der Waals surface area contributed by atoms with E-state index in [-0.39, 0.29) is 30.1 Å². The Bertz CT molecular complexity index is 1250. The van der Waals surface area contributed by atoms with E-state index in [4.69, 9.17) is 0 Å². The topological polar surface area (TPSA) is 76.4 Å². The average Bonchev–Trinajstić information content (AvgIpc) is 3.46. The molecule has 1 unspecified atom stereocenters. The average molecular weight is 475 g/mol. The largest absolute Gasteiger partial charge is 0.344 e. The van der Waals surface area contributed by atoms with Gasteiger partial charge in [0.2, 0.25) is 5.91 Å². The zero-order valence-corrected chi connectivity index (χ0v) is 19.6. The number of allylic oxidation sites excluding steroid dienone is 1. The van der Waals surface area contributed by atoms with Crippen molar-refractivity contribution < 1.29 is 14.0 Å². The van der Waals surface area contributed by atoms with Crippen molar-refractivity contribution in [1.82, 2.24) is 5.32 Å². The number of nitrogens with zero attached hydrogens (tertiary/aromatic N) is 3. The molecule has 172 valence electrons. The van der Waals surface area contributed by atoms with Crippen LogP contribution in [-0.4, -0.2) is 25.8 Å². The van der Waals surface area contributed by atoms with Crippen LogP contribution in [0, 0.1) is 17.1 Å². The first-order valence-electron chi connectivity index (χ1n) is 10.7. The third-order valence-electron chi connectivity index (χ3n) is 5.77. The van der Waals surface area contributed by atoms with Gasteiger partial charge >= 0.3 is 0 Å². The number of carbonyl (C=O) groups excluding carboxylic acids is 2. The molecular formula is C26H23FN4O2S. The minimum absolute atomic E-state index is 0.0161. The van der Waals surface area contributed by atoms with E-state index in [0.29, 0.717) is 5.82 Å². The summed E-state index contributed by atoms with van der Waals surface area (Å²) in [6, 6.07) is 19.0. The number of benzene rings is 2. The summed E-state index contributed by atoms with van der Waals surface area (Å²) in [6.45, 7) is 0. The molecule has 6 nitrogen and oxygen atoms in total. The van der Waals surface area contributed by atoms with Crippen LogP contribution in [-0.2, 0) is 9.59 Å². The fraction of sp³-hybridized carbons (Fsp3) is 0.192. The normalized spacial score (nSPS) is 13.3. The van der Waals surface area contributed by atoms with Gasteiger partial charge in [0.05, 0.1) is 17.4 Å². The van der Waals surface area contributed by atoms with Crippen molar-refractivity contribution in [2.75, 3.05) is 23.9 Å². The van der Waals surface area contributed by atoms with Crippen LogP contribution in [0.5, 0.6) is 0 Å². The van der Waals surface area contributed by atoms with Crippen molar-refractivity contribution in [3.63, 3.8) is 0 Å². The number of ketones is 1. The van der Waals surface area contributed by atoms with Gasteiger partial charge in [-0.3, -0.25) is 9.59 Å². The Labute approximate surface area is 201 Å². The molecule has 0 bridgehead atoms. The molecule has 2 aromatic carbocycles. The zero-order chi connectivity index (χ0) is 24.2. The Morgan fingerprint density at radius 3 is 2.21 bits per heavy atom. The van der Waals surface area contributed by atoms with Gasteiger partial charge in [-0.2, -0.15) is 5.26 Å². The molecule has 0 saturated carbocycles. The Hall–Kier alpha value is -3.96. The van der Waals surface area contributed by atoms with Gasteiger partial charge in [0, 0.05) is 31.8 Å². The van der Waals surface area contributed by atoms with Crippen LogP contribution in [0.3, 0.4) is 0 Å². The number of fused-ring (bicyclic) bond motifs is 1. The van der Waals surface area contributed by atoms with E-state index in [1.165, 1.54) is 23.5 Å². The molecule has 1 N–H and O–H groups in total. The Morgan fingerprint density at radius 1 is 1.00 bits per heavy atom. The maximum Gasteiger partial charge on any atom is 0.221 e. The number of thiophene rings is 1. The van der Waals surface area contributed by atoms with Gasteiger partial charge in [-0.1, -0.05) is 30.3 Å². The first kappa shape index (κ1) is 23.2. The number of amides is 1. The monoisotopic (exact) mass is 474 g/mol. The SMILES string of the molecule is CN1C(=C(C#N)C(=O)CCC(=O)NC(c2ccc(F)cc2)c2cccs2)N(C)c2ccccc21. The lowest BCUT2D eigenvalue weighted by molar-refractivity contribution is -0.124. The van der Waals surface area contributed by atoms with Crippen LogP contribution in [0.4, 0.5) is 15.8 Å². The number of nitrogens with one attached hydrogen (secondary N) is 1. The van der Waals surface area contributed by atoms with Crippen molar-refractivity contribution in [3.8, 4) is 6.07 Å². The van der Waals surface area contributed by atoms with Gasteiger partial charge in [0.1, 0.15) is 23.3 Å². The summed E-state index contributed by atoms with van der Waals surface area (Å²) in [4.78, 5) is 30.3. The fourth-order valence-corrected chi connectivity index (χ4v) is 4.87. The maximum atomic E-state index is 13.4. The number of anilines is 2. The number of carbonyl (C=O) groups is 2. The second-order valence-electron chi connectivity index (χ2n) is 7.91. The Balaban J connectivity index is 1.48. The molecule has 0 fully saturated rings. The Morgan fingerprint density at radius 2 is 1.65 bits per heavy atom. The predicted octanol–water partition coefficient (Wildman–Crippen LogP) is 4.76. The van der Waals surface area contributed by atoms with E-state index >= 15 is 0 Å². The smallest absolute Gasteiger partial charge is 0.221 e. The zero-order valence-electron chi connectivity index (χ0n) is 18.8. The van der Waals surface area contributed by atoms with E-state index in [1.807, 2.05) is 71.7 Å². The summed E-state index contributed by atoms with van der Waals surface area (Å²) in [5.74, 6) is -0.577. The molecule has 4 rings (SSSR count). The van der Waals surface area contributed by atoms with Gasteiger partial charge in [0.25, 0.3) is 0 Å². The standard InChI is InChI=1S/C26H23FN4O2S/c1-30-20-6-3-4-7-21(20)31(2)26(30)19(16-28)22(32)13-14-24(33)29-25(23-8-5-15-34-23)17-9-11-18(27)12-10-17/h3-12,15,25H,13-14H2,1-2H3,(H,29,33). The van der Waals surface area contributed by atoms with Crippen LogP contribution in [0.25, 0.3) is 0 Å². The molecule has 1 atom stereocenters. The second kappa shape index (κ2) is 9.89. The van der Waals surface area contributed by atoms with Crippen molar-refractivity contribution >= 4 is 34.4 Å². The van der Waals surface area contributed by atoms with Crippen LogP contribution in [0.1, 0.15) is 29.3 Å². The molecule has 0 radical (unpaired) electrons. The number of rotatable bonds is 7. The van der Waals surface area contributed by atoms with Gasteiger partial charge in [-0.25, -0.2) is 4.39 Å². The first-order valence-corrected chi connectivity index (χ1v) is 11.6. The summed E-state index contributed by atoms with van der Waals surface area (Å²) in [5, 5.41) is 14.6. The predicted molar refractivity (Wildman–Crippen MR) is 131 cm³/mol. The summed E-state index contributed by atoms with van der Waals surface area (Å²) in [6.07, 6.45) is -0.169. The number of halogens is 1. The third kappa shape index (κ3) is 4.56. The summed E-state index contributed by atoms with van der Waals surface area (Å²) < 4.78 is 13.4. The third-order valence-corrected chi connectivity index (χ3v) is 6.71. The number of Topliss-reactive ketones (excluding diaryl/α,β-unsaturated/α-hetero) is 1. The second-order valence-corrected chi connectivity index (χ2v) is 8.89. The molecule has 0 saturated heterocycles. The molecule has 34 heavy (non-hydrogen) atoms. The van der Waals surface area contributed by atoms with Gasteiger partial charge in [-0.05, 0) is 41.3 Å². The minimum atomic E-state index is -0.446. The van der Waals surface area contributed by atoms with Gasteiger partial charge in [0.15, 0.2) is 5.78 Å². The summed E-state index contributed by atoms with van der Waals surface area (Å²) in [5.41, 5.74) is 2.56.